The minimum absolute atomic E-state index is 0.0149. The SMILES string of the molecule is C=CCC(=O)Nc1cc([N+](=O)[O-])ccc1O. The first-order valence-electron chi connectivity index (χ1n) is 4.42. The first-order valence-corrected chi connectivity index (χ1v) is 4.42. The van der Waals surface area contributed by atoms with E-state index in [-0.39, 0.29) is 23.5 Å². The number of non-ortho nitro benzene ring substituents is 1. The molecule has 0 aromatic heterocycles. The van der Waals surface area contributed by atoms with Crippen molar-refractivity contribution in [3.05, 3.63) is 41.0 Å². The zero-order valence-electron chi connectivity index (χ0n) is 8.34. The number of aromatic hydroxyl groups is 1. The average Bonchev–Trinajstić information content (AvgIpc) is 2.21. The summed E-state index contributed by atoms with van der Waals surface area (Å²) in [4.78, 5) is 21.0. The van der Waals surface area contributed by atoms with Gasteiger partial charge >= 0.3 is 0 Å². The lowest BCUT2D eigenvalue weighted by Crippen LogP contribution is -2.10. The summed E-state index contributed by atoms with van der Waals surface area (Å²) in [5, 5.41) is 22.2. The van der Waals surface area contributed by atoms with Crippen molar-refractivity contribution in [3.63, 3.8) is 0 Å². The molecule has 0 saturated carbocycles. The number of nitro benzene ring substituents is 1. The molecule has 6 heteroatoms. The Morgan fingerprint density at radius 2 is 2.31 bits per heavy atom. The number of hydrogen-bond donors (Lipinski definition) is 2. The van der Waals surface area contributed by atoms with Crippen LogP contribution in [-0.2, 0) is 4.79 Å². The van der Waals surface area contributed by atoms with Crippen LogP contribution in [-0.4, -0.2) is 15.9 Å². The topological polar surface area (TPSA) is 92.5 Å². The van der Waals surface area contributed by atoms with Gasteiger partial charge in [-0.05, 0) is 6.07 Å². The fraction of sp³-hybridized carbons (Fsp3) is 0.100. The fourth-order valence-corrected chi connectivity index (χ4v) is 1.07. The van der Waals surface area contributed by atoms with Crippen LogP contribution in [0.5, 0.6) is 5.75 Å². The van der Waals surface area contributed by atoms with Gasteiger partial charge in [-0.3, -0.25) is 14.9 Å². The lowest BCUT2D eigenvalue weighted by molar-refractivity contribution is -0.384. The van der Waals surface area contributed by atoms with Crippen LogP contribution in [0.15, 0.2) is 30.9 Å². The highest BCUT2D eigenvalue weighted by molar-refractivity contribution is 5.93. The Hall–Kier alpha value is -2.37. The molecule has 0 spiro atoms. The Kier molecular flexibility index (Phi) is 3.60. The lowest BCUT2D eigenvalue weighted by atomic mass is 10.2. The Balaban J connectivity index is 2.94. The van der Waals surface area contributed by atoms with Gasteiger partial charge in [-0.2, -0.15) is 0 Å². The quantitative estimate of drug-likeness (QED) is 0.351. The number of amides is 1. The van der Waals surface area contributed by atoms with Gasteiger partial charge in [0.15, 0.2) is 0 Å². The van der Waals surface area contributed by atoms with E-state index in [0.717, 1.165) is 18.2 Å². The number of benzene rings is 1. The van der Waals surface area contributed by atoms with E-state index in [1.54, 1.807) is 0 Å². The molecular weight excluding hydrogens is 212 g/mol. The fourth-order valence-electron chi connectivity index (χ4n) is 1.07. The van der Waals surface area contributed by atoms with Crippen LogP contribution in [0.3, 0.4) is 0 Å². The van der Waals surface area contributed by atoms with Crippen molar-refractivity contribution in [1.29, 1.82) is 0 Å². The maximum absolute atomic E-state index is 11.2. The summed E-state index contributed by atoms with van der Waals surface area (Å²) < 4.78 is 0. The smallest absolute Gasteiger partial charge is 0.271 e. The Labute approximate surface area is 91.4 Å². The number of carbonyl (C=O) groups is 1. The van der Waals surface area contributed by atoms with E-state index in [9.17, 15) is 20.0 Å². The third kappa shape index (κ3) is 2.81. The third-order valence-corrected chi connectivity index (χ3v) is 1.79. The molecule has 0 saturated heterocycles. The van der Waals surface area contributed by atoms with E-state index in [1.165, 1.54) is 6.08 Å². The summed E-state index contributed by atoms with van der Waals surface area (Å²) in [5.74, 6) is -0.617. The predicted octanol–water partition coefficient (Wildman–Crippen LogP) is 1.81. The molecule has 0 radical (unpaired) electrons. The molecule has 16 heavy (non-hydrogen) atoms. The second kappa shape index (κ2) is 4.92. The summed E-state index contributed by atoms with van der Waals surface area (Å²) in [6.45, 7) is 3.38. The van der Waals surface area contributed by atoms with Crippen molar-refractivity contribution in [3.8, 4) is 5.75 Å². The minimum atomic E-state index is -0.609. The Morgan fingerprint density at radius 1 is 1.62 bits per heavy atom. The van der Waals surface area contributed by atoms with E-state index in [4.69, 9.17) is 0 Å². The molecule has 0 aliphatic heterocycles. The number of phenols is 1. The van der Waals surface area contributed by atoms with E-state index in [1.807, 2.05) is 0 Å². The number of anilines is 1. The number of phenolic OH excluding ortho intramolecular Hbond substituents is 1. The second-order valence-electron chi connectivity index (χ2n) is 3.00. The van der Waals surface area contributed by atoms with Crippen LogP contribution in [0.2, 0.25) is 0 Å². The number of nitro groups is 1. The number of hydrogen-bond acceptors (Lipinski definition) is 4. The second-order valence-corrected chi connectivity index (χ2v) is 3.00. The molecular formula is C10H10N2O4. The molecule has 1 aromatic carbocycles. The van der Waals surface area contributed by atoms with Gasteiger partial charge in [0.1, 0.15) is 5.75 Å². The molecule has 2 N–H and O–H groups in total. The van der Waals surface area contributed by atoms with Crippen LogP contribution in [0.1, 0.15) is 6.42 Å². The van der Waals surface area contributed by atoms with Crippen molar-refractivity contribution in [2.75, 3.05) is 5.32 Å². The van der Waals surface area contributed by atoms with Gasteiger partial charge in [0.25, 0.3) is 5.69 Å². The Bertz CT molecular complexity index is 442. The average molecular weight is 222 g/mol. The highest BCUT2D eigenvalue weighted by Crippen LogP contribution is 2.27. The number of nitrogens with one attached hydrogen (secondary N) is 1. The first-order chi connectivity index (χ1) is 7.54. The van der Waals surface area contributed by atoms with Crippen molar-refractivity contribution >= 4 is 17.3 Å². The van der Waals surface area contributed by atoms with Crippen molar-refractivity contribution < 1.29 is 14.8 Å². The molecule has 0 fully saturated rings. The number of rotatable bonds is 4. The van der Waals surface area contributed by atoms with E-state index in [2.05, 4.69) is 11.9 Å². The Morgan fingerprint density at radius 3 is 2.88 bits per heavy atom. The summed E-state index contributed by atoms with van der Waals surface area (Å²) in [6.07, 6.45) is 1.46. The van der Waals surface area contributed by atoms with Crippen LogP contribution in [0.4, 0.5) is 11.4 Å². The highest BCUT2D eigenvalue weighted by atomic mass is 16.6. The zero-order valence-corrected chi connectivity index (χ0v) is 8.34. The summed E-state index contributed by atoms with van der Waals surface area (Å²) >= 11 is 0. The van der Waals surface area contributed by atoms with E-state index < -0.39 is 10.8 Å². The molecule has 1 amide bonds. The summed E-state index contributed by atoms with van der Waals surface area (Å²) in [7, 11) is 0. The van der Waals surface area contributed by atoms with Crippen molar-refractivity contribution in [2.24, 2.45) is 0 Å². The van der Waals surface area contributed by atoms with Gasteiger partial charge in [-0.25, -0.2) is 0 Å². The third-order valence-electron chi connectivity index (χ3n) is 1.79. The lowest BCUT2D eigenvalue weighted by Gasteiger charge is -2.05. The van der Waals surface area contributed by atoms with E-state index in [0.29, 0.717) is 0 Å². The standard InChI is InChI=1S/C10H10N2O4/c1-2-3-10(14)11-8-6-7(12(15)16)4-5-9(8)13/h2,4-6,13H,1,3H2,(H,11,14). The molecule has 0 aliphatic carbocycles. The maximum Gasteiger partial charge on any atom is 0.271 e. The molecule has 6 nitrogen and oxygen atoms in total. The summed E-state index contributed by atoms with van der Waals surface area (Å²) in [5.41, 5.74) is -0.187. The maximum atomic E-state index is 11.2. The van der Waals surface area contributed by atoms with Gasteiger partial charge in [-0.1, -0.05) is 6.08 Å². The van der Waals surface area contributed by atoms with Gasteiger partial charge in [0, 0.05) is 18.6 Å². The molecule has 0 aliphatic rings. The van der Waals surface area contributed by atoms with Crippen molar-refractivity contribution in [1.82, 2.24) is 0 Å². The van der Waals surface area contributed by atoms with Crippen LogP contribution in [0, 0.1) is 10.1 Å². The normalized spacial score (nSPS) is 9.50. The largest absolute Gasteiger partial charge is 0.506 e. The zero-order chi connectivity index (χ0) is 12.1. The van der Waals surface area contributed by atoms with Gasteiger partial charge in [0.2, 0.25) is 5.91 Å². The minimum Gasteiger partial charge on any atom is -0.506 e. The highest BCUT2D eigenvalue weighted by Gasteiger charge is 2.11. The molecule has 1 aromatic rings. The molecule has 0 unspecified atom stereocenters. The monoisotopic (exact) mass is 222 g/mol. The van der Waals surface area contributed by atoms with Gasteiger partial charge in [-0.15, -0.1) is 6.58 Å². The van der Waals surface area contributed by atoms with Crippen molar-refractivity contribution in [2.45, 2.75) is 6.42 Å². The van der Waals surface area contributed by atoms with Gasteiger partial charge < -0.3 is 10.4 Å². The van der Waals surface area contributed by atoms with Gasteiger partial charge in [0.05, 0.1) is 10.6 Å². The van der Waals surface area contributed by atoms with Crippen LogP contribution < -0.4 is 5.32 Å². The number of carbonyl (C=O) groups excluding carboxylic acids is 1. The molecule has 0 atom stereocenters. The summed E-state index contributed by atoms with van der Waals surface area (Å²) in [6, 6.07) is 3.40. The molecule has 0 bridgehead atoms. The molecule has 84 valence electrons. The number of nitrogens with zero attached hydrogens (tertiary/aromatic N) is 1. The molecule has 0 heterocycles. The van der Waals surface area contributed by atoms with Crippen LogP contribution in [0.25, 0.3) is 0 Å². The first kappa shape index (κ1) is 11.7. The van der Waals surface area contributed by atoms with E-state index >= 15 is 0 Å². The molecule has 1 rings (SSSR count). The van der Waals surface area contributed by atoms with Crippen LogP contribution >= 0.6 is 0 Å². The predicted molar refractivity (Wildman–Crippen MR) is 58.2 cm³/mol.